The molecule has 2 N–H and O–H groups in total. The molecule has 1 aromatic rings. The summed E-state index contributed by atoms with van der Waals surface area (Å²) in [5, 5.41) is 17.8. The average Bonchev–Trinajstić information content (AvgIpc) is 2.30. The summed E-state index contributed by atoms with van der Waals surface area (Å²) in [6, 6.07) is 8.01. The van der Waals surface area contributed by atoms with E-state index in [0.717, 1.165) is 11.1 Å². The summed E-state index contributed by atoms with van der Waals surface area (Å²) in [5.41, 5.74) is 2.20. The highest BCUT2D eigenvalue weighted by molar-refractivity contribution is 7.80. The molecule has 0 aliphatic carbocycles. The standard InChI is InChI=1S/C12H18O2S2/c13-7-5-11(15)9-1-2-10(4-3-9)12(16)6-8-14/h1-4,11-16H,5-8H2. The molecule has 0 bridgehead atoms. The van der Waals surface area contributed by atoms with E-state index in [-0.39, 0.29) is 23.7 Å². The summed E-state index contributed by atoms with van der Waals surface area (Å²) < 4.78 is 0. The zero-order valence-corrected chi connectivity index (χ0v) is 10.9. The summed E-state index contributed by atoms with van der Waals surface area (Å²) >= 11 is 8.82. The highest BCUT2D eigenvalue weighted by Gasteiger charge is 2.08. The van der Waals surface area contributed by atoms with Crippen LogP contribution in [-0.4, -0.2) is 23.4 Å². The molecule has 0 aliphatic heterocycles. The van der Waals surface area contributed by atoms with Crippen molar-refractivity contribution in [2.24, 2.45) is 0 Å². The van der Waals surface area contributed by atoms with Gasteiger partial charge in [-0.1, -0.05) is 24.3 Å². The molecule has 0 saturated heterocycles. The molecule has 1 rings (SSSR count). The normalized spacial score (nSPS) is 14.8. The van der Waals surface area contributed by atoms with E-state index in [4.69, 9.17) is 10.2 Å². The monoisotopic (exact) mass is 258 g/mol. The first kappa shape index (κ1) is 13.9. The Morgan fingerprint density at radius 1 is 0.812 bits per heavy atom. The lowest BCUT2D eigenvalue weighted by atomic mass is 10.0. The van der Waals surface area contributed by atoms with Crippen LogP contribution in [0.2, 0.25) is 0 Å². The Bertz CT molecular complexity index is 269. The molecule has 16 heavy (non-hydrogen) atoms. The largest absolute Gasteiger partial charge is 0.396 e. The number of benzene rings is 1. The van der Waals surface area contributed by atoms with Crippen molar-refractivity contribution in [1.29, 1.82) is 0 Å². The van der Waals surface area contributed by atoms with E-state index in [0.29, 0.717) is 12.8 Å². The topological polar surface area (TPSA) is 40.5 Å². The van der Waals surface area contributed by atoms with Crippen molar-refractivity contribution < 1.29 is 10.2 Å². The molecule has 2 atom stereocenters. The summed E-state index contributed by atoms with van der Waals surface area (Å²) in [7, 11) is 0. The van der Waals surface area contributed by atoms with Gasteiger partial charge in [-0.15, -0.1) is 0 Å². The Hall–Kier alpha value is -0.160. The van der Waals surface area contributed by atoms with E-state index >= 15 is 0 Å². The van der Waals surface area contributed by atoms with Crippen molar-refractivity contribution in [2.45, 2.75) is 23.3 Å². The van der Waals surface area contributed by atoms with Gasteiger partial charge in [0.1, 0.15) is 0 Å². The van der Waals surface area contributed by atoms with Gasteiger partial charge < -0.3 is 10.2 Å². The van der Waals surface area contributed by atoms with E-state index in [2.05, 4.69) is 25.3 Å². The Kier molecular flexibility index (Phi) is 6.28. The van der Waals surface area contributed by atoms with Crippen LogP contribution in [0.4, 0.5) is 0 Å². The molecule has 0 heterocycles. The maximum absolute atomic E-state index is 8.82. The van der Waals surface area contributed by atoms with Crippen LogP contribution < -0.4 is 0 Å². The van der Waals surface area contributed by atoms with Gasteiger partial charge in [-0.3, -0.25) is 0 Å². The van der Waals surface area contributed by atoms with Crippen LogP contribution in [0, 0.1) is 0 Å². The molecule has 1 aromatic carbocycles. The first-order valence-corrected chi connectivity index (χ1v) is 6.40. The zero-order chi connectivity index (χ0) is 12.0. The summed E-state index contributed by atoms with van der Waals surface area (Å²) in [6.07, 6.45) is 1.31. The van der Waals surface area contributed by atoms with Gasteiger partial charge in [0.25, 0.3) is 0 Å². The Balaban J connectivity index is 2.67. The molecule has 0 saturated carbocycles. The fourth-order valence-corrected chi connectivity index (χ4v) is 2.09. The quantitative estimate of drug-likeness (QED) is 0.592. The van der Waals surface area contributed by atoms with Gasteiger partial charge in [-0.2, -0.15) is 25.3 Å². The van der Waals surface area contributed by atoms with Gasteiger partial charge in [0, 0.05) is 23.7 Å². The highest BCUT2D eigenvalue weighted by Crippen LogP contribution is 2.27. The fourth-order valence-electron chi connectivity index (χ4n) is 1.52. The van der Waals surface area contributed by atoms with E-state index in [1.165, 1.54) is 0 Å². The Morgan fingerprint density at radius 3 is 1.38 bits per heavy atom. The summed E-state index contributed by atoms with van der Waals surface area (Å²) in [6.45, 7) is 0.297. The second-order valence-corrected chi connectivity index (χ2v) is 4.97. The second-order valence-electron chi connectivity index (χ2n) is 3.72. The number of aliphatic hydroxyl groups is 2. The molecular weight excluding hydrogens is 240 g/mol. The highest BCUT2D eigenvalue weighted by atomic mass is 32.1. The van der Waals surface area contributed by atoms with Crippen molar-refractivity contribution in [3.8, 4) is 0 Å². The molecule has 0 radical (unpaired) electrons. The first-order valence-electron chi connectivity index (χ1n) is 5.36. The molecule has 2 nitrogen and oxygen atoms in total. The van der Waals surface area contributed by atoms with Gasteiger partial charge in [-0.25, -0.2) is 0 Å². The van der Waals surface area contributed by atoms with Gasteiger partial charge >= 0.3 is 0 Å². The maximum atomic E-state index is 8.82. The first-order chi connectivity index (χ1) is 7.69. The lowest BCUT2D eigenvalue weighted by molar-refractivity contribution is 0.287. The third-order valence-corrected chi connectivity index (χ3v) is 3.62. The summed E-state index contributed by atoms with van der Waals surface area (Å²) in [5.74, 6) is 0. The van der Waals surface area contributed by atoms with E-state index in [9.17, 15) is 0 Å². The molecule has 2 unspecified atom stereocenters. The van der Waals surface area contributed by atoms with Crippen molar-refractivity contribution >= 4 is 25.3 Å². The SMILES string of the molecule is OCCC(S)c1ccc(C(S)CCO)cc1. The number of hydrogen-bond donors (Lipinski definition) is 4. The van der Waals surface area contributed by atoms with Crippen molar-refractivity contribution in [1.82, 2.24) is 0 Å². The third-order valence-electron chi connectivity index (χ3n) is 2.51. The maximum Gasteiger partial charge on any atom is 0.0444 e. The minimum absolute atomic E-state index is 0.0789. The number of thiol groups is 2. The van der Waals surface area contributed by atoms with Crippen molar-refractivity contribution in [3.63, 3.8) is 0 Å². The van der Waals surface area contributed by atoms with Gasteiger partial charge in [-0.05, 0) is 24.0 Å². The van der Waals surface area contributed by atoms with Gasteiger partial charge in [0.15, 0.2) is 0 Å². The number of hydrogen-bond acceptors (Lipinski definition) is 4. The molecule has 90 valence electrons. The average molecular weight is 258 g/mol. The van der Waals surface area contributed by atoms with Crippen LogP contribution in [0.15, 0.2) is 24.3 Å². The van der Waals surface area contributed by atoms with Crippen LogP contribution in [-0.2, 0) is 0 Å². The minimum Gasteiger partial charge on any atom is -0.396 e. The lowest BCUT2D eigenvalue weighted by Gasteiger charge is -2.13. The zero-order valence-electron chi connectivity index (χ0n) is 9.08. The molecular formula is C12H18O2S2. The van der Waals surface area contributed by atoms with E-state index in [1.807, 2.05) is 24.3 Å². The van der Waals surface area contributed by atoms with Gasteiger partial charge in [0.2, 0.25) is 0 Å². The lowest BCUT2D eigenvalue weighted by Crippen LogP contribution is -1.97. The molecule has 4 heteroatoms. The minimum atomic E-state index is 0.0789. The number of aliphatic hydroxyl groups excluding tert-OH is 2. The molecule has 0 aliphatic rings. The van der Waals surface area contributed by atoms with Crippen molar-refractivity contribution in [3.05, 3.63) is 35.4 Å². The van der Waals surface area contributed by atoms with Crippen LogP contribution in [0.25, 0.3) is 0 Å². The Labute approximate surface area is 108 Å². The van der Waals surface area contributed by atoms with E-state index < -0.39 is 0 Å². The van der Waals surface area contributed by atoms with Crippen LogP contribution >= 0.6 is 25.3 Å². The van der Waals surface area contributed by atoms with Crippen LogP contribution in [0.5, 0.6) is 0 Å². The Morgan fingerprint density at radius 2 is 1.12 bits per heavy atom. The van der Waals surface area contributed by atoms with Crippen LogP contribution in [0.3, 0.4) is 0 Å². The van der Waals surface area contributed by atoms with E-state index in [1.54, 1.807) is 0 Å². The molecule has 0 fully saturated rings. The summed E-state index contributed by atoms with van der Waals surface area (Å²) in [4.78, 5) is 0. The van der Waals surface area contributed by atoms with Crippen molar-refractivity contribution in [2.75, 3.05) is 13.2 Å². The van der Waals surface area contributed by atoms with Crippen LogP contribution in [0.1, 0.15) is 34.5 Å². The fraction of sp³-hybridized carbons (Fsp3) is 0.500. The third kappa shape index (κ3) is 4.01. The predicted octanol–water partition coefficient (Wildman–Crippen LogP) is 2.39. The smallest absolute Gasteiger partial charge is 0.0444 e. The molecule has 0 aromatic heterocycles. The van der Waals surface area contributed by atoms with Gasteiger partial charge in [0.05, 0.1) is 0 Å². The molecule has 0 amide bonds. The molecule has 0 spiro atoms. The number of rotatable bonds is 6. The second kappa shape index (κ2) is 7.22. The predicted molar refractivity (Wildman–Crippen MR) is 73.3 cm³/mol.